The van der Waals surface area contributed by atoms with Crippen molar-refractivity contribution in [3.05, 3.63) is 101 Å². The van der Waals surface area contributed by atoms with Gasteiger partial charge in [0, 0.05) is 19.5 Å². The summed E-state index contributed by atoms with van der Waals surface area (Å²) in [4.78, 5) is 29.3. The average Bonchev–Trinajstić information content (AvgIpc) is 2.93. The molecule has 0 aliphatic heterocycles. The van der Waals surface area contributed by atoms with E-state index in [-0.39, 0.29) is 24.3 Å². The molecule has 220 valence electrons. The molecule has 0 saturated carbocycles. The molecule has 0 bridgehead atoms. The zero-order valence-electron chi connectivity index (χ0n) is 25.0. The maximum atomic E-state index is 14.1. The average molecular weight is 578 g/mol. The Labute approximate surface area is 245 Å². The highest BCUT2D eigenvalue weighted by Crippen LogP contribution is 2.23. The van der Waals surface area contributed by atoms with Crippen LogP contribution in [0.5, 0.6) is 0 Å². The van der Waals surface area contributed by atoms with Crippen molar-refractivity contribution in [3.8, 4) is 0 Å². The summed E-state index contributed by atoms with van der Waals surface area (Å²) in [7, 11) is -3.80. The number of hydrogen-bond donors (Lipinski definition) is 1. The van der Waals surface area contributed by atoms with Crippen molar-refractivity contribution in [2.75, 3.05) is 23.7 Å². The second-order valence-electron chi connectivity index (χ2n) is 11.4. The van der Waals surface area contributed by atoms with Crippen LogP contribution in [0.1, 0.15) is 55.9 Å². The molecule has 1 unspecified atom stereocenters. The molecule has 0 aliphatic rings. The molecule has 2 amide bonds. The lowest BCUT2D eigenvalue weighted by atomic mass is 10.0. The van der Waals surface area contributed by atoms with Gasteiger partial charge >= 0.3 is 0 Å². The summed E-state index contributed by atoms with van der Waals surface area (Å²) in [6, 6.07) is 23.7. The van der Waals surface area contributed by atoms with E-state index >= 15 is 0 Å². The SMILES string of the molecule is Cc1ccc(CN(C(=O)CN(c2ccc(C(C)C)cc2)S(C)(=O)=O)C(Cc2ccccc2)C(=O)NCC(C)C)cc1. The van der Waals surface area contributed by atoms with Crippen LogP contribution in [0.25, 0.3) is 0 Å². The van der Waals surface area contributed by atoms with Gasteiger partial charge in [-0.05, 0) is 47.6 Å². The molecule has 0 aromatic heterocycles. The van der Waals surface area contributed by atoms with Gasteiger partial charge in [0.15, 0.2) is 0 Å². The minimum absolute atomic E-state index is 0.162. The second-order valence-corrected chi connectivity index (χ2v) is 13.3. The zero-order chi connectivity index (χ0) is 30.2. The van der Waals surface area contributed by atoms with Gasteiger partial charge in [0.2, 0.25) is 21.8 Å². The summed E-state index contributed by atoms with van der Waals surface area (Å²) in [5.74, 6) is -0.211. The molecule has 0 fully saturated rings. The Bertz CT molecular complexity index is 1390. The standard InChI is InChI=1S/C33H43N3O4S/c1-24(2)21-34-33(38)31(20-27-10-8-7-9-11-27)35(22-28-14-12-26(5)13-15-28)32(37)23-36(41(6,39)40)30-18-16-29(17-19-30)25(3)4/h7-19,24-25,31H,20-23H2,1-6H3,(H,34,38). The molecular weight excluding hydrogens is 534 g/mol. The van der Waals surface area contributed by atoms with E-state index in [9.17, 15) is 18.0 Å². The van der Waals surface area contributed by atoms with Crippen LogP contribution < -0.4 is 9.62 Å². The van der Waals surface area contributed by atoms with Crippen molar-refractivity contribution in [2.24, 2.45) is 5.92 Å². The highest BCUT2D eigenvalue weighted by molar-refractivity contribution is 7.92. The number of amides is 2. The number of anilines is 1. The minimum atomic E-state index is -3.80. The number of benzene rings is 3. The van der Waals surface area contributed by atoms with Gasteiger partial charge in [-0.3, -0.25) is 13.9 Å². The number of hydrogen-bond acceptors (Lipinski definition) is 4. The third kappa shape index (κ3) is 9.46. The molecule has 0 radical (unpaired) electrons. The fourth-order valence-electron chi connectivity index (χ4n) is 4.51. The van der Waals surface area contributed by atoms with Crippen LogP contribution in [-0.2, 0) is 32.6 Å². The van der Waals surface area contributed by atoms with Crippen LogP contribution in [-0.4, -0.2) is 50.5 Å². The third-order valence-electron chi connectivity index (χ3n) is 6.96. The number of nitrogens with zero attached hydrogens (tertiary/aromatic N) is 2. The summed E-state index contributed by atoms with van der Waals surface area (Å²) in [6.07, 6.45) is 1.39. The highest BCUT2D eigenvalue weighted by Gasteiger charge is 2.33. The molecule has 1 atom stereocenters. The van der Waals surface area contributed by atoms with E-state index in [1.807, 2.05) is 87.5 Å². The van der Waals surface area contributed by atoms with Crippen LogP contribution in [0.2, 0.25) is 0 Å². The summed E-state index contributed by atoms with van der Waals surface area (Å²) in [5, 5.41) is 3.00. The fraction of sp³-hybridized carbons (Fsp3) is 0.394. The van der Waals surface area contributed by atoms with Gasteiger partial charge in [0.05, 0.1) is 11.9 Å². The molecule has 8 heteroatoms. The lowest BCUT2D eigenvalue weighted by Gasteiger charge is -2.33. The van der Waals surface area contributed by atoms with E-state index in [1.165, 1.54) is 4.90 Å². The molecule has 0 aliphatic carbocycles. The summed E-state index contributed by atoms with van der Waals surface area (Å²) < 4.78 is 27.0. The quantitative estimate of drug-likeness (QED) is 0.299. The fourth-order valence-corrected chi connectivity index (χ4v) is 5.36. The first-order valence-electron chi connectivity index (χ1n) is 14.1. The highest BCUT2D eigenvalue weighted by atomic mass is 32.2. The van der Waals surface area contributed by atoms with Crippen LogP contribution >= 0.6 is 0 Å². The van der Waals surface area contributed by atoms with Gasteiger partial charge in [0.25, 0.3) is 0 Å². The van der Waals surface area contributed by atoms with E-state index in [0.717, 1.165) is 32.8 Å². The lowest BCUT2D eigenvalue weighted by Crippen LogP contribution is -2.53. The number of carbonyl (C=O) groups is 2. The van der Waals surface area contributed by atoms with E-state index in [2.05, 4.69) is 19.2 Å². The number of rotatable bonds is 13. The van der Waals surface area contributed by atoms with Crippen molar-refractivity contribution in [3.63, 3.8) is 0 Å². The van der Waals surface area contributed by atoms with Crippen LogP contribution in [0.15, 0.2) is 78.9 Å². The van der Waals surface area contributed by atoms with E-state index in [1.54, 1.807) is 12.1 Å². The van der Waals surface area contributed by atoms with Crippen molar-refractivity contribution < 1.29 is 18.0 Å². The van der Waals surface area contributed by atoms with Crippen molar-refractivity contribution in [2.45, 2.75) is 59.5 Å². The lowest BCUT2D eigenvalue weighted by molar-refractivity contribution is -0.140. The number of nitrogens with one attached hydrogen (secondary N) is 1. The first kappa shape index (κ1) is 31.9. The van der Waals surface area contributed by atoms with Gasteiger partial charge in [-0.1, -0.05) is 100.0 Å². The van der Waals surface area contributed by atoms with E-state index < -0.39 is 28.5 Å². The smallest absolute Gasteiger partial charge is 0.244 e. The zero-order valence-corrected chi connectivity index (χ0v) is 25.8. The van der Waals surface area contributed by atoms with E-state index in [4.69, 9.17) is 0 Å². The number of aryl methyl sites for hydroxylation is 1. The Morgan fingerprint density at radius 3 is 1.98 bits per heavy atom. The van der Waals surface area contributed by atoms with Gasteiger partial charge in [-0.2, -0.15) is 0 Å². The van der Waals surface area contributed by atoms with Crippen LogP contribution in [0.3, 0.4) is 0 Å². The molecule has 1 N–H and O–H groups in total. The molecule has 3 aromatic carbocycles. The topological polar surface area (TPSA) is 86.8 Å². The Morgan fingerprint density at radius 2 is 1.44 bits per heavy atom. The second kappa shape index (κ2) is 14.3. The molecule has 0 saturated heterocycles. The summed E-state index contributed by atoms with van der Waals surface area (Å²) in [5.41, 5.74) is 4.31. The molecule has 41 heavy (non-hydrogen) atoms. The van der Waals surface area contributed by atoms with E-state index in [0.29, 0.717) is 18.7 Å². The molecule has 0 spiro atoms. The number of carbonyl (C=O) groups excluding carboxylic acids is 2. The molecular formula is C33H43N3O4S. The molecule has 0 heterocycles. The maximum absolute atomic E-state index is 14.1. The Balaban J connectivity index is 2.03. The first-order valence-corrected chi connectivity index (χ1v) is 15.9. The summed E-state index contributed by atoms with van der Waals surface area (Å²) >= 11 is 0. The first-order chi connectivity index (χ1) is 19.3. The summed E-state index contributed by atoms with van der Waals surface area (Å²) in [6.45, 7) is 10.3. The van der Waals surface area contributed by atoms with Crippen LogP contribution in [0.4, 0.5) is 5.69 Å². The van der Waals surface area contributed by atoms with Crippen LogP contribution in [0, 0.1) is 12.8 Å². The molecule has 3 rings (SSSR count). The van der Waals surface area contributed by atoms with Crippen molar-refractivity contribution >= 4 is 27.5 Å². The predicted octanol–water partition coefficient (Wildman–Crippen LogP) is 5.30. The van der Waals surface area contributed by atoms with Crippen molar-refractivity contribution in [1.29, 1.82) is 0 Å². The largest absolute Gasteiger partial charge is 0.354 e. The van der Waals surface area contributed by atoms with Gasteiger partial charge in [-0.15, -0.1) is 0 Å². The predicted molar refractivity (Wildman–Crippen MR) is 166 cm³/mol. The Hall–Kier alpha value is -3.65. The maximum Gasteiger partial charge on any atom is 0.244 e. The monoisotopic (exact) mass is 577 g/mol. The van der Waals surface area contributed by atoms with Gasteiger partial charge in [-0.25, -0.2) is 8.42 Å². The Kier molecular flexibility index (Phi) is 11.1. The van der Waals surface area contributed by atoms with Crippen molar-refractivity contribution in [1.82, 2.24) is 10.2 Å². The van der Waals surface area contributed by atoms with Gasteiger partial charge < -0.3 is 10.2 Å². The molecule has 7 nitrogen and oxygen atoms in total. The minimum Gasteiger partial charge on any atom is -0.354 e. The molecule has 3 aromatic rings. The number of sulfonamides is 1. The third-order valence-corrected chi connectivity index (χ3v) is 8.10. The Morgan fingerprint density at radius 1 is 0.829 bits per heavy atom. The normalized spacial score (nSPS) is 12.3. The van der Waals surface area contributed by atoms with Gasteiger partial charge in [0.1, 0.15) is 12.6 Å².